The first kappa shape index (κ1) is 35.0. The van der Waals surface area contributed by atoms with Crippen LogP contribution in [0.5, 0.6) is 0 Å². The molecule has 13 heteroatoms. The van der Waals surface area contributed by atoms with Crippen molar-refractivity contribution < 1.29 is 0 Å². The summed E-state index contributed by atoms with van der Waals surface area (Å²) < 4.78 is 0. The fourth-order valence-electron chi connectivity index (χ4n) is 11.1. The van der Waals surface area contributed by atoms with Gasteiger partial charge in [-0.3, -0.25) is 0 Å². The van der Waals surface area contributed by atoms with E-state index in [4.69, 9.17) is 0 Å². The highest BCUT2D eigenvalue weighted by molar-refractivity contribution is 8.29. The second-order valence-corrected chi connectivity index (χ2v) is 180. The molecule has 0 bridgehead atoms. The minimum Gasteiger partial charge on any atom is -0.0758 e. The van der Waals surface area contributed by atoms with Gasteiger partial charge in [-0.25, -0.2) is 0 Å². The Morgan fingerprint density at radius 2 is 0.333 bits per heavy atom. The molecule has 2 heterocycles. The highest BCUT2D eigenvalue weighted by Gasteiger charge is 2.84. The van der Waals surface area contributed by atoms with E-state index in [1.807, 2.05) is 0 Å². The average Bonchev–Trinajstić information content (AvgIpc) is 2.68. The van der Waals surface area contributed by atoms with Crippen molar-refractivity contribution in [1.29, 1.82) is 0 Å². The second kappa shape index (κ2) is 8.47. The topological polar surface area (TPSA) is 0 Å². The number of hydrogen-bond acceptors (Lipinski definition) is 0. The lowest BCUT2D eigenvalue weighted by molar-refractivity contribution is 1.73. The van der Waals surface area contributed by atoms with Gasteiger partial charge in [0.05, 0.1) is 0 Å². The minimum absolute atomic E-state index is 0.286. The maximum atomic E-state index is 3.24. The van der Waals surface area contributed by atoms with Crippen LogP contribution in [-0.4, -0.2) is 92.2 Å². The van der Waals surface area contributed by atoms with Crippen molar-refractivity contribution in [2.24, 2.45) is 0 Å². The maximum absolute atomic E-state index is 3.24. The third kappa shape index (κ3) is 3.13. The van der Waals surface area contributed by atoms with Crippen LogP contribution in [0.2, 0.25) is 151 Å². The molecule has 0 nitrogen and oxygen atoms in total. The molecule has 36 heavy (non-hydrogen) atoms. The average molecular weight is 711 g/mol. The summed E-state index contributed by atoms with van der Waals surface area (Å²) in [6.45, 7) is 67.8. The molecule has 0 aromatic heterocycles. The van der Waals surface area contributed by atoms with Gasteiger partial charge in [-0.2, -0.15) is 0 Å². The van der Waals surface area contributed by atoms with Gasteiger partial charge in [0.1, 0.15) is 0 Å². The van der Waals surface area contributed by atoms with Gasteiger partial charge in [-0.05, 0) is 0 Å². The molecule has 0 spiro atoms. The largest absolute Gasteiger partial charge is 0.0758 e. The molecule has 0 unspecified atom stereocenters. The van der Waals surface area contributed by atoms with Crippen LogP contribution < -0.4 is 0 Å². The summed E-state index contributed by atoms with van der Waals surface area (Å²) in [6.07, 6.45) is 0. The van der Waals surface area contributed by atoms with E-state index in [9.17, 15) is 0 Å². The fourth-order valence-corrected chi connectivity index (χ4v) is 692. The van der Waals surface area contributed by atoms with Gasteiger partial charge < -0.3 is 0 Å². The quantitative estimate of drug-likeness (QED) is 0.253. The molecule has 0 saturated carbocycles. The predicted octanol–water partition coefficient (Wildman–Crippen LogP) is 8.48. The van der Waals surface area contributed by atoms with Gasteiger partial charge in [0, 0.05) is 92.2 Å². The summed E-state index contributed by atoms with van der Waals surface area (Å²) in [6, 6.07) is 0. The molecule has 0 aliphatic carbocycles. The molecule has 2 aliphatic heterocycles. The molecule has 0 aromatic carbocycles. The van der Waals surface area contributed by atoms with E-state index in [2.05, 4.69) is 151 Å². The first-order valence-electron chi connectivity index (χ1n) is 15.0. The molecule has 213 valence electrons. The summed E-state index contributed by atoms with van der Waals surface area (Å²) >= 11 is 0. The molecule has 2 fully saturated rings. The van der Waals surface area contributed by atoms with Crippen LogP contribution >= 0.6 is 0 Å². The Hall–Kier alpha value is 2.82. The SMILES string of the molecule is C[Si]([Si]1(C)[Si](C)(C)[Si](C)(C)[Si](C)(C)[Si](C)(C)[Si]1(C)C)[Si]1(C)[Si](C)(C)[Si](C)(C)[Si](C)(C)[Si](C)(C)[Si]1(C)C. The summed E-state index contributed by atoms with van der Waals surface area (Å²) in [5, 5.41) is 0. The Bertz CT molecular complexity index is 790. The Labute approximate surface area is 240 Å². The van der Waals surface area contributed by atoms with Crippen LogP contribution in [-0.2, 0) is 0 Å². The second-order valence-electron chi connectivity index (χ2n) is 19.1. The number of hydrogen-bond donors (Lipinski definition) is 0. The summed E-state index contributed by atoms with van der Waals surface area (Å²) in [5.41, 5.74) is 0. The Morgan fingerprint density at radius 1 is 0.222 bits per heavy atom. The van der Waals surface area contributed by atoms with Gasteiger partial charge in [-0.1, -0.05) is 151 Å². The maximum Gasteiger partial charge on any atom is 0.0307 e. The van der Waals surface area contributed by atoms with Gasteiger partial charge in [0.2, 0.25) is 0 Å². The molecule has 0 amide bonds. The lowest BCUT2D eigenvalue weighted by Crippen LogP contribution is -3.10. The van der Waals surface area contributed by atoms with E-state index in [0.717, 1.165) is 0 Å². The standard InChI is InChI=1S/C23H69Si13/c1-24(35(22)31(14,15)27(6,7)25(2,3)28(8,9)32(35,16)17)36(23)33(18,19)29(10,11)26(4,5)30(12,13)34(36,20)21/h1-23H3. The van der Waals surface area contributed by atoms with Crippen LogP contribution in [0, 0.1) is 0 Å². The van der Waals surface area contributed by atoms with E-state index in [1.165, 1.54) is 0 Å². The fraction of sp³-hybridized carbons (Fsp3) is 1.00. The van der Waals surface area contributed by atoms with E-state index >= 15 is 0 Å². The third-order valence-corrected chi connectivity index (χ3v) is 392. The Kier molecular flexibility index (Phi) is 8.24. The highest BCUT2D eigenvalue weighted by Crippen LogP contribution is 2.58. The molecule has 2 aliphatic rings. The first-order valence-corrected chi connectivity index (χ1v) is 66.0. The van der Waals surface area contributed by atoms with Crippen molar-refractivity contribution in [2.45, 2.75) is 151 Å². The van der Waals surface area contributed by atoms with E-state index in [-0.39, 0.29) is 7.83 Å². The van der Waals surface area contributed by atoms with Crippen molar-refractivity contribution in [3.05, 3.63) is 0 Å². The highest BCUT2D eigenvalue weighted by atomic mass is 30.4. The summed E-state index contributed by atoms with van der Waals surface area (Å²) in [7, 11) is -12.6. The lowest BCUT2D eigenvalue weighted by Gasteiger charge is -2.80. The molecule has 0 aromatic rings. The van der Waals surface area contributed by atoms with Crippen molar-refractivity contribution in [2.75, 3.05) is 0 Å². The molecule has 2 rings (SSSR count). The van der Waals surface area contributed by atoms with E-state index in [0.29, 0.717) is 0 Å². The zero-order chi connectivity index (χ0) is 29.6. The zero-order valence-electron chi connectivity index (χ0n) is 29.5. The lowest BCUT2D eigenvalue weighted by atomic mass is 11.9. The van der Waals surface area contributed by atoms with Crippen molar-refractivity contribution >= 4 is 92.2 Å². The monoisotopic (exact) mass is 709 g/mol. The van der Waals surface area contributed by atoms with Gasteiger partial charge in [0.25, 0.3) is 0 Å². The molecule has 0 N–H and O–H groups in total. The zero-order valence-corrected chi connectivity index (χ0v) is 42.5. The molecular weight excluding hydrogens is 641 g/mol. The predicted molar refractivity (Wildman–Crippen MR) is 210 cm³/mol. The van der Waals surface area contributed by atoms with E-state index in [1.54, 1.807) is 0 Å². The van der Waals surface area contributed by atoms with Crippen LogP contribution in [0.4, 0.5) is 0 Å². The Balaban J connectivity index is 3.12. The molecule has 1 radical (unpaired) electrons. The van der Waals surface area contributed by atoms with Gasteiger partial charge >= 0.3 is 0 Å². The normalized spacial score (nSPS) is 34.7. The molecule has 2 saturated heterocycles. The smallest absolute Gasteiger partial charge is 0.0307 e. The first-order chi connectivity index (χ1) is 15.2. The van der Waals surface area contributed by atoms with Crippen LogP contribution in [0.15, 0.2) is 0 Å². The Morgan fingerprint density at radius 3 is 0.472 bits per heavy atom. The van der Waals surface area contributed by atoms with Crippen molar-refractivity contribution in [3.63, 3.8) is 0 Å². The van der Waals surface area contributed by atoms with Crippen LogP contribution in [0.3, 0.4) is 0 Å². The molecule has 0 atom stereocenters. The van der Waals surface area contributed by atoms with Crippen molar-refractivity contribution in [1.82, 2.24) is 0 Å². The van der Waals surface area contributed by atoms with Gasteiger partial charge in [-0.15, -0.1) is 0 Å². The number of rotatable bonds is 2. The van der Waals surface area contributed by atoms with Gasteiger partial charge in [0.15, 0.2) is 0 Å². The minimum atomic E-state index is -1.33. The van der Waals surface area contributed by atoms with Crippen molar-refractivity contribution in [3.8, 4) is 0 Å². The van der Waals surface area contributed by atoms with E-state index < -0.39 is 84.3 Å². The van der Waals surface area contributed by atoms with Crippen LogP contribution in [0.1, 0.15) is 0 Å². The summed E-state index contributed by atoms with van der Waals surface area (Å²) in [5.74, 6) is 0. The molecular formula is C23H69Si13. The summed E-state index contributed by atoms with van der Waals surface area (Å²) in [4.78, 5) is 0. The van der Waals surface area contributed by atoms with Crippen LogP contribution in [0.25, 0.3) is 0 Å². The third-order valence-electron chi connectivity index (χ3n) is 19.0.